The monoisotopic (exact) mass is 284 g/mol. The quantitative estimate of drug-likeness (QED) is 0.640. The van der Waals surface area contributed by atoms with Gasteiger partial charge in [-0.3, -0.25) is 4.79 Å². The number of hydrogen-bond acceptors (Lipinski definition) is 2. The summed E-state index contributed by atoms with van der Waals surface area (Å²) in [4.78, 5) is 15.1. The summed E-state index contributed by atoms with van der Waals surface area (Å²) in [6.07, 6.45) is 6.09. The van der Waals surface area contributed by atoms with Crippen molar-refractivity contribution < 1.29 is 4.79 Å². The SMILES string of the molecule is CN(CC(C)(C)C)C(=O)C1(C(N)=S)CCCCCC1. The maximum absolute atomic E-state index is 12.9. The molecule has 0 spiro atoms. The van der Waals surface area contributed by atoms with E-state index in [9.17, 15) is 4.79 Å². The lowest BCUT2D eigenvalue weighted by Crippen LogP contribution is -2.50. The Hall–Kier alpha value is -0.640. The smallest absolute Gasteiger partial charge is 0.235 e. The van der Waals surface area contributed by atoms with Crippen molar-refractivity contribution >= 4 is 23.1 Å². The van der Waals surface area contributed by atoms with Crippen LogP contribution in [0.1, 0.15) is 59.3 Å². The number of hydrogen-bond donors (Lipinski definition) is 1. The van der Waals surface area contributed by atoms with Crippen LogP contribution in [0.5, 0.6) is 0 Å². The number of rotatable bonds is 3. The van der Waals surface area contributed by atoms with Crippen LogP contribution in [0.2, 0.25) is 0 Å². The van der Waals surface area contributed by atoms with E-state index in [-0.39, 0.29) is 11.3 Å². The van der Waals surface area contributed by atoms with Crippen LogP contribution in [0.4, 0.5) is 0 Å². The first kappa shape index (κ1) is 16.4. The van der Waals surface area contributed by atoms with E-state index in [1.165, 1.54) is 12.8 Å². The highest BCUT2D eigenvalue weighted by Crippen LogP contribution is 2.37. The molecule has 0 atom stereocenters. The van der Waals surface area contributed by atoms with Crippen LogP contribution in [-0.4, -0.2) is 29.4 Å². The van der Waals surface area contributed by atoms with Gasteiger partial charge in [0.1, 0.15) is 0 Å². The summed E-state index contributed by atoms with van der Waals surface area (Å²) in [6, 6.07) is 0. The van der Waals surface area contributed by atoms with Gasteiger partial charge in [-0.05, 0) is 18.3 Å². The summed E-state index contributed by atoms with van der Waals surface area (Å²) in [5.41, 5.74) is 5.46. The molecule has 1 saturated carbocycles. The van der Waals surface area contributed by atoms with Gasteiger partial charge < -0.3 is 10.6 Å². The van der Waals surface area contributed by atoms with E-state index in [1.54, 1.807) is 0 Å². The Morgan fingerprint density at radius 3 is 2.05 bits per heavy atom. The summed E-state index contributed by atoms with van der Waals surface area (Å²) < 4.78 is 0. The molecule has 1 aliphatic rings. The molecule has 2 N–H and O–H groups in total. The lowest BCUT2D eigenvalue weighted by Gasteiger charge is -2.36. The number of carbonyl (C=O) groups excluding carboxylic acids is 1. The van der Waals surface area contributed by atoms with E-state index < -0.39 is 5.41 Å². The third-order valence-corrected chi connectivity index (χ3v) is 4.29. The standard InChI is InChI=1S/C15H28N2OS/c1-14(2,3)11-17(4)13(18)15(12(16)19)9-7-5-6-8-10-15/h5-11H2,1-4H3,(H2,16,19). The Labute approximate surface area is 122 Å². The molecule has 1 rings (SSSR count). The van der Waals surface area contributed by atoms with Crippen molar-refractivity contribution in [1.82, 2.24) is 4.90 Å². The Balaban J connectivity index is 2.92. The van der Waals surface area contributed by atoms with E-state index in [1.807, 2.05) is 11.9 Å². The van der Waals surface area contributed by atoms with Crippen LogP contribution in [0.3, 0.4) is 0 Å². The van der Waals surface area contributed by atoms with Gasteiger partial charge in [0.15, 0.2) is 0 Å². The Morgan fingerprint density at radius 2 is 1.68 bits per heavy atom. The molecule has 0 saturated heterocycles. The second kappa shape index (κ2) is 6.21. The molecule has 1 aliphatic carbocycles. The van der Waals surface area contributed by atoms with Crippen molar-refractivity contribution in [1.29, 1.82) is 0 Å². The van der Waals surface area contributed by atoms with Gasteiger partial charge in [0.2, 0.25) is 5.91 Å². The topological polar surface area (TPSA) is 46.3 Å². The molecule has 110 valence electrons. The first-order chi connectivity index (χ1) is 8.69. The average molecular weight is 284 g/mol. The van der Waals surface area contributed by atoms with Gasteiger partial charge in [0.25, 0.3) is 0 Å². The van der Waals surface area contributed by atoms with Gasteiger partial charge in [-0.15, -0.1) is 0 Å². The molecule has 0 unspecified atom stereocenters. The summed E-state index contributed by atoms with van der Waals surface area (Å²) in [6.45, 7) is 7.14. The fourth-order valence-corrected chi connectivity index (χ4v) is 3.34. The van der Waals surface area contributed by atoms with E-state index >= 15 is 0 Å². The molecule has 0 aromatic carbocycles. The van der Waals surface area contributed by atoms with Crippen LogP contribution in [0.15, 0.2) is 0 Å². The third-order valence-electron chi connectivity index (χ3n) is 3.90. The lowest BCUT2D eigenvalue weighted by molar-refractivity contribution is -0.138. The van der Waals surface area contributed by atoms with E-state index in [0.29, 0.717) is 4.99 Å². The van der Waals surface area contributed by atoms with Crippen LogP contribution in [0, 0.1) is 10.8 Å². The molecule has 1 amide bonds. The Kier molecular flexibility index (Phi) is 5.36. The molecule has 4 heteroatoms. The van der Waals surface area contributed by atoms with Crippen LogP contribution < -0.4 is 5.73 Å². The summed E-state index contributed by atoms with van der Waals surface area (Å²) >= 11 is 5.25. The van der Waals surface area contributed by atoms with Crippen LogP contribution in [0.25, 0.3) is 0 Å². The van der Waals surface area contributed by atoms with Gasteiger partial charge in [0, 0.05) is 13.6 Å². The van der Waals surface area contributed by atoms with Gasteiger partial charge in [-0.2, -0.15) is 0 Å². The minimum absolute atomic E-state index is 0.0898. The van der Waals surface area contributed by atoms with E-state index in [4.69, 9.17) is 18.0 Å². The first-order valence-electron chi connectivity index (χ1n) is 7.24. The van der Waals surface area contributed by atoms with Gasteiger partial charge >= 0.3 is 0 Å². The largest absolute Gasteiger partial charge is 0.392 e. The van der Waals surface area contributed by atoms with Crippen molar-refractivity contribution in [2.24, 2.45) is 16.6 Å². The normalized spacial score (nSPS) is 19.6. The predicted molar refractivity (Wildman–Crippen MR) is 84.0 cm³/mol. The molecule has 19 heavy (non-hydrogen) atoms. The fraction of sp³-hybridized carbons (Fsp3) is 0.867. The van der Waals surface area contributed by atoms with Gasteiger partial charge in [-0.25, -0.2) is 0 Å². The highest BCUT2D eigenvalue weighted by Gasteiger charge is 2.43. The zero-order valence-electron chi connectivity index (χ0n) is 12.8. The zero-order valence-corrected chi connectivity index (χ0v) is 13.6. The maximum Gasteiger partial charge on any atom is 0.235 e. The lowest BCUT2D eigenvalue weighted by atomic mass is 9.78. The zero-order chi connectivity index (χ0) is 14.7. The van der Waals surface area contributed by atoms with Crippen molar-refractivity contribution in [3.05, 3.63) is 0 Å². The minimum Gasteiger partial charge on any atom is -0.392 e. The average Bonchev–Trinajstić information content (AvgIpc) is 2.51. The molecule has 1 fully saturated rings. The molecular weight excluding hydrogens is 256 g/mol. The first-order valence-corrected chi connectivity index (χ1v) is 7.65. The van der Waals surface area contributed by atoms with Crippen molar-refractivity contribution in [3.63, 3.8) is 0 Å². The molecule has 0 aromatic rings. The fourth-order valence-electron chi connectivity index (χ4n) is 3.05. The molecule has 0 radical (unpaired) electrons. The van der Waals surface area contributed by atoms with E-state index in [0.717, 1.165) is 32.2 Å². The Morgan fingerprint density at radius 1 is 1.21 bits per heavy atom. The molecular formula is C15H28N2OS. The van der Waals surface area contributed by atoms with Crippen LogP contribution >= 0.6 is 12.2 Å². The Bertz CT molecular complexity index is 339. The second-order valence-electron chi connectivity index (χ2n) is 7.08. The molecule has 0 aliphatic heterocycles. The van der Waals surface area contributed by atoms with Gasteiger partial charge in [-0.1, -0.05) is 58.7 Å². The molecule has 0 bridgehead atoms. The van der Waals surface area contributed by atoms with E-state index in [2.05, 4.69) is 20.8 Å². The number of nitrogens with two attached hydrogens (primary N) is 1. The van der Waals surface area contributed by atoms with Crippen LogP contribution in [-0.2, 0) is 4.79 Å². The summed E-state index contributed by atoms with van der Waals surface area (Å²) in [5, 5.41) is 0. The predicted octanol–water partition coefficient (Wildman–Crippen LogP) is 3.12. The number of amides is 1. The molecule has 0 heterocycles. The van der Waals surface area contributed by atoms with Crippen molar-refractivity contribution in [2.75, 3.05) is 13.6 Å². The maximum atomic E-state index is 12.9. The van der Waals surface area contributed by atoms with Crippen molar-refractivity contribution in [2.45, 2.75) is 59.3 Å². The summed E-state index contributed by atoms with van der Waals surface area (Å²) in [7, 11) is 1.87. The molecule has 0 aromatic heterocycles. The number of carbonyl (C=O) groups is 1. The minimum atomic E-state index is -0.591. The number of nitrogens with zero attached hydrogens (tertiary/aromatic N) is 1. The summed E-state index contributed by atoms with van der Waals surface area (Å²) in [5.74, 6) is 0.122. The number of thiocarbonyl (C=S) groups is 1. The highest BCUT2D eigenvalue weighted by molar-refractivity contribution is 7.80. The van der Waals surface area contributed by atoms with Crippen molar-refractivity contribution in [3.8, 4) is 0 Å². The third kappa shape index (κ3) is 4.16. The second-order valence-corrected chi connectivity index (χ2v) is 7.52. The van der Waals surface area contributed by atoms with Gasteiger partial charge in [0.05, 0.1) is 10.4 Å². The highest BCUT2D eigenvalue weighted by atomic mass is 32.1. The molecule has 3 nitrogen and oxygen atoms in total.